The number of amidine groups is 2. The summed E-state index contributed by atoms with van der Waals surface area (Å²) in [6, 6.07) is 31.4. The summed E-state index contributed by atoms with van der Waals surface area (Å²) in [6.45, 7) is 3.45. The molecule has 5 N–H and O–H groups in total. The normalized spacial score (nSPS) is 11.9. The first-order valence-electron chi connectivity index (χ1n) is 23.0. The van der Waals surface area contributed by atoms with Gasteiger partial charge in [-0.1, -0.05) is 47.5 Å². The number of amides is 4. The SMILES string of the molecule is CN(C)CCSc1ccc(NC(=O)c2ccc(C(=N)N(C)C)cc2)c(C(=O)Nc2ccc(Cl)cn2)c1.CN(C)CCSc1ccc(NC(=O)c2ccc(C3=NCCN3C)cc2)c(C(=O)Nc2ccc(Cl)cn2)c1. The van der Waals surface area contributed by atoms with Gasteiger partial charge in [0.1, 0.15) is 23.3 Å². The molecule has 6 aromatic rings. The number of aromatic nitrogens is 2. The summed E-state index contributed by atoms with van der Waals surface area (Å²) in [5.41, 5.74) is 4.03. The van der Waals surface area contributed by atoms with Crippen molar-refractivity contribution in [2.45, 2.75) is 9.79 Å². The first-order valence-corrected chi connectivity index (χ1v) is 25.7. The van der Waals surface area contributed by atoms with Gasteiger partial charge in [-0.3, -0.25) is 29.6 Å². The number of aliphatic imine (C=N–C) groups is 1. The van der Waals surface area contributed by atoms with Crippen LogP contribution >= 0.6 is 46.7 Å². The third-order valence-corrected chi connectivity index (χ3v) is 13.2. The topological polar surface area (TPSA) is 191 Å². The van der Waals surface area contributed by atoms with Crippen LogP contribution in [0.25, 0.3) is 0 Å². The van der Waals surface area contributed by atoms with Crippen molar-refractivity contribution in [1.29, 1.82) is 5.41 Å². The Bertz CT molecular complexity index is 2920. The maximum Gasteiger partial charge on any atom is 0.258 e. The van der Waals surface area contributed by atoms with Crippen molar-refractivity contribution < 1.29 is 19.2 Å². The fourth-order valence-electron chi connectivity index (χ4n) is 6.82. The summed E-state index contributed by atoms with van der Waals surface area (Å²) < 4.78 is 0. The van der Waals surface area contributed by atoms with E-state index in [9.17, 15) is 19.2 Å². The van der Waals surface area contributed by atoms with Gasteiger partial charge < -0.3 is 40.9 Å². The molecule has 3 heterocycles. The highest BCUT2D eigenvalue weighted by atomic mass is 35.5. The maximum atomic E-state index is 13.2. The fourth-order valence-corrected chi connectivity index (χ4v) is 9.16. The predicted octanol–water partition coefficient (Wildman–Crippen LogP) is 9.37. The molecule has 0 aliphatic carbocycles. The lowest BCUT2D eigenvalue weighted by atomic mass is 10.1. The molecule has 0 bridgehead atoms. The molecule has 0 fully saturated rings. The third kappa shape index (κ3) is 16.6. The van der Waals surface area contributed by atoms with Crippen LogP contribution in [0, 0.1) is 5.41 Å². The van der Waals surface area contributed by atoms with Crippen LogP contribution in [0.5, 0.6) is 0 Å². The molecule has 4 aromatic carbocycles. The number of benzene rings is 4. The Morgan fingerprint density at radius 3 is 1.41 bits per heavy atom. The Hall–Kier alpha value is -6.80. The zero-order chi connectivity index (χ0) is 52.6. The highest BCUT2D eigenvalue weighted by Gasteiger charge is 2.20. The number of nitrogens with zero attached hydrogens (tertiary/aromatic N) is 7. The molecular formula is C53H58Cl2N12O4S2. The lowest BCUT2D eigenvalue weighted by Gasteiger charge is -2.15. The highest BCUT2D eigenvalue weighted by Crippen LogP contribution is 2.28. The molecule has 1 aliphatic rings. The molecular weight excluding hydrogens is 1000 g/mol. The number of nitrogens with one attached hydrogen (secondary N) is 5. The van der Waals surface area contributed by atoms with Gasteiger partial charge in [0, 0.05) is 96.7 Å². The molecule has 0 radical (unpaired) electrons. The summed E-state index contributed by atoms with van der Waals surface area (Å²) in [4.78, 5) is 75.1. The average molecular weight is 1060 g/mol. The van der Waals surface area contributed by atoms with Gasteiger partial charge in [0.05, 0.1) is 39.1 Å². The van der Waals surface area contributed by atoms with E-state index >= 15 is 0 Å². The fraction of sp³-hybridized carbons (Fsp3) is 0.245. The maximum absolute atomic E-state index is 13.2. The lowest BCUT2D eigenvalue weighted by Crippen LogP contribution is -2.23. The summed E-state index contributed by atoms with van der Waals surface area (Å²) in [5.74, 6) is 2.27. The molecule has 0 saturated heterocycles. The molecule has 380 valence electrons. The highest BCUT2D eigenvalue weighted by molar-refractivity contribution is 7.99. The number of anilines is 4. The molecule has 2 aromatic heterocycles. The monoisotopic (exact) mass is 1060 g/mol. The average Bonchev–Trinajstić information content (AvgIpc) is 3.81. The Balaban J connectivity index is 0.000000238. The van der Waals surface area contributed by atoms with E-state index in [-0.39, 0.29) is 17.7 Å². The third-order valence-electron chi connectivity index (χ3n) is 10.9. The van der Waals surface area contributed by atoms with Gasteiger partial charge in [0.25, 0.3) is 23.6 Å². The Kier molecular flexibility index (Phi) is 20.4. The van der Waals surface area contributed by atoms with E-state index in [0.717, 1.165) is 58.9 Å². The first-order chi connectivity index (χ1) is 34.9. The van der Waals surface area contributed by atoms with Crippen LogP contribution in [0.15, 0.2) is 136 Å². The molecule has 4 amide bonds. The minimum Gasteiger partial charge on any atom is -0.363 e. The van der Waals surface area contributed by atoms with E-state index in [0.29, 0.717) is 66.7 Å². The van der Waals surface area contributed by atoms with Crippen LogP contribution in [0.3, 0.4) is 0 Å². The van der Waals surface area contributed by atoms with E-state index in [1.165, 1.54) is 12.4 Å². The molecule has 16 nitrogen and oxygen atoms in total. The van der Waals surface area contributed by atoms with Gasteiger partial charge in [-0.05, 0) is 113 Å². The second kappa shape index (κ2) is 26.8. The molecule has 0 spiro atoms. The molecule has 1 aliphatic heterocycles. The van der Waals surface area contributed by atoms with Gasteiger partial charge >= 0.3 is 0 Å². The van der Waals surface area contributed by atoms with Crippen LogP contribution in [0.4, 0.5) is 23.0 Å². The molecule has 0 atom stereocenters. The minimum atomic E-state index is -0.398. The quantitative estimate of drug-likeness (QED) is 0.0312. The summed E-state index contributed by atoms with van der Waals surface area (Å²) in [6.07, 6.45) is 2.92. The van der Waals surface area contributed by atoms with Crippen molar-refractivity contribution in [3.05, 3.63) is 165 Å². The summed E-state index contributed by atoms with van der Waals surface area (Å²) in [7, 11) is 13.6. The number of carbonyl (C=O) groups is 4. The Morgan fingerprint density at radius 2 is 1.03 bits per heavy atom. The standard InChI is InChI=1S/C27H29ClN6O2S.C26H29ClN6O2S/c1-33(2)14-15-37-21-9-10-23(22(16-21)27(36)32-24-11-8-20(28)17-30-24)31-26(35)19-6-4-18(5-7-19)25-29-12-13-34(25)3;1-32(2)13-14-36-20-10-11-22(21(15-20)26(35)31-23-12-9-19(27)16-29-23)30-25(34)18-7-5-17(6-8-18)24(28)33(3)4/h4-11,16-17H,12-15H2,1-3H3,(H,31,35)(H,30,32,36);5-12,15-16,28H,13-14H2,1-4H3,(H,30,34)(H,29,31,35). The number of carbonyl (C=O) groups excluding carboxylic acids is 4. The van der Waals surface area contributed by atoms with E-state index < -0.39 is 5.91 Å². The number of pyridine rings is 2. The van der Waals surface area contributed by atoms with Crippen molar-refractivity contribution in [2.24, 2.45) is 4.99 Å². The lowest BCUT2D eigenvalue weighted by molar-refractivity contribution is 0.101. The number of likely N-dealkylation sites (N-methyl/N-ethyl adjacent to an activating group) is 1. The molecule has 73 heavy (non-hydrogen) atoms. The number of hydrogen-bond donors (Lipinski definition) is 5. The zero-order valence-corrected chi connectivity index (χ0v) is 44.8. The van der Waals surface area contributed by atoms with Crippen LogP contribution in [0.2, 0.25) is 10.0 Å². The first kappa shape index (κ1) is 55.5. The Morgan fingerprint density at radius 1 is 0.589 bits per heavy atom. The second-order valence-corrected chi connectivity index (χ2v) is 20.5. The van der Waals surface area contributed by atoms with Crippen LogP contribution < -0.4 is 21.3 Å². The van der Waals surface area contributed by atoms with Gasteiger partial charge in [-0.15, -0.1) is 23.5 Å². The van der Waals surface area contributed by atoms with Crippen molar-refractivity contribution in [1.82, 2.24) is 29.6 Å². The van der Waals surface area contributed by atoms with Gasteiger partial charge in [0.2, 0.25) is 0 Å². The van der Waals surface area contributed by atoms with Crippen LogP contribution in [-0.4, -0.2) is 152 Å². The molecule has 0 saturated carbocycles. The van der Waals surface area contributed by atoms with Crippen molar-refractivity contribution >= 4 is 105 Å². The van der Waals surface area contributed by atoms with Crippen LogP contribution in [-0.2, 0) is 0 Å². The van der Waals surface area contributed by atoms with E-state index in [1.54, 1.807) is 127 Å². The van der Waals surface area contributed by atoms with E-state index in [1.807, 2.05) is 59.5 Å². The zero-order valence-electron chi connectivity index (χ0n) is 41.6. The van der Waals surface area contributed by atoms with E-state index in [2.05, 4.69) is 50.9 Å². The smallest absolute Gasteiger partial charge is 0.258 e. The van der Waals surface area contributed by atoms with Gasteiger partial charge in [0.15, 0.2) is 0 Å². The molecule has 7 rings (SSSR count). The number of halogens is 2. The number of rotatable bonds is 18. The number of hydrogen-bond acceptors (Lipinski definition) is 13. The number of thioether (sulfide) groups is 2. The van der Waals surface area contributed by atoms with E-state index in [4.69, 9.17) is 28.6 Å². The van der Waals surface area contributed by atoms with Gasteiger partial charge in [-0.25, -0.2) is 9.97 Å². The predicted molar refractivity (Wildman–Crippen MR) is 299 cm³/mol. The van der Waals surface area contributed by atoms with Crippen molar-refractivity contribution in [2.75, 3.05) is 108 Å². The second-order valence-electron chi connectivity index (χ2n) is 17.3. The Labute approximate surface area is 444 Å². The minimum absolute atomic E-state index is 0.306. The molecule has 20 heteroatoms. The van der Waals surface area contributed by atoms with Crippen molar-refractivity contribution in [3.63, 3.8) is 0 Å². The molecule has 0 unspecified atom stereocenters. The van der Waals surface area contributed by atoms with Crippen LogP contribution in [0.1, 0.15) is 52.6 Å². The summed E-state index contributed by atoms with van der Waals surface area (Å²) in [5, 5.41) is 20.3. The van der Waals surface area contributed by atoms with Gasteiger partial charge in [-0.2, -0.15) is 0 Å². The largest absolute Gasteiger partial charge is 0.363 e. The summed E-state index contributed by atoms with van der Waals surface area (Å²) >= 11 is 15.1. The van der Waals surface area contributed by atoms with Crippen molar-refractivity contribution in [3.8, 4) is 0 Å².